The number of benzene rings is 1. The third kappa shape index (κ3) is 3.63. The van der Waals surface area contributed by atoms with E-state index in [0.29, 0.717) is 19.7 Å². The summed E-state index contributed by atoms with van der Waals surface area (Å²) in [5.41, 5.74) is 1.03. The second-order valence-electron chi connectivity index (χ2n) is 5.73. The Labute approximate surface area is 126 Å². The lowest BCUT2D eigenvalue weighted by Gasteiger charge is -2.33. The molecule has 21 heavy (non-hydrogen) atoms. The van der Waals surface area contributed by atoms with E-state index >= 15 is 0 Å². The molecule has 0 spiro atoms. The van der Waals surface area contributed by atoms with Crippen molar-refractivity contribution in [3.05, 3.63) is 35.9 Å². The third-order valence-corrected chi connectivity index (χ3v) is 5.85. The second-order valence-corrected chi connectivity index (χ2v) is 7.43. The highest BCUT2D eigenvalue weighted by Crippen LogP contribution is 2.24. The van der Waals surface area contributed by atoms with Crippen molar-refractivity contribution in [2.75, 3.05) is 19.7 Å². The summed E-state index contributed by atoms with van der Waals surface area (Å²) in [7, 11) is -3.40. The van der Waals surface area contributed by atoms with Gasteiger partial charge in [0.05, 0.1) is 12.7 Å². The number of rotatable bonds is 4. The van der Waals surface area contributed by atoms with Crippen molar-refractivity contribution >= 4 is 10.2 Å². The summed E-state index contributed by atoms with van der Waals surface area (Å²) in [5, 5.41) is 0. The average molecular weight is 310 g/mol. The van der Waals surface area contributed by atoms with Crippen molar-refractivity contribution in [1.29, 1.82) is 0 Å². The van der Waals surface area contributed by atoms with E-state index in [-0.39, 0.29) is 12.1 Å². The fraction of sp³-hybridized carbons (Fsp3) is 0.600. The van der Waals surface area contributed by atoms with Crippen LogP contribution in [0.4, 0.5) is 0 Å². The normalized spacial score (nSPS) is 25.2. The molecule has 1 atom stereocenters. The van der Waals surface area contributed by atoms with Gasteiger partial charge in [-0.3, -0.25) is 0 Å². The van der Waals surface area contributed by atoms with Crippen molar-refractivity contribution in [1.82, 2.24) is 9.03 Å². The largest absolute Gasteiger partial charge is 0.371 e. The van der Waals surface area contributed by atoms with E-state index in [4.69, 9.17) is 4.74 Å². The van der Waals surface area contributed by atoms with Crippen molar-refractivity contribution < 1.29 is 13.2 Å². The Morgan fingerprint density at radius 2 is 1.86 bits per heavy atom. The number of ether oxygens (including phenoxy) is 1. The zero-order chi connectivity index (χ0) is 14.7. The van der Waals surface area contributed by atoms with Crippen molar-refractivity contribution in [3.8, 4) is 0 Å². The molecule has 2 aliphatic rings. The van der Waals surface area contributed by atoms with Gasteiger partial charge in [-0.2, -0.15) is 17.4 Å². The second kappa shape index (κ2) is 6.44. The van der Waals surface area contributed by atoms with Gasteiger partial charge in [0.15, 0.2) is 0 Å². The maximum absolute atomic E-state index is 12.5. The van der Waals surface area contributed by atoms with Crippen LogP contribution in [0.3, 0.4) is 0 Å². The van der Waals surface area contributed by atoms with Gasteiger partial charge in [0, 0.05) is 19.1 Å². The molecule has 0 bridgehead atoms. The highest BCUT2D eigenvalue weighted by atomic mass is 32.2. The van der Waals surface area contributed by atoms with Gasteiger partial charge in [0.1, 0.15) is 0 Å². The summed E-state index contributed by atoms with van der Waals surface area (Å²) in [6.07, 6.45) is 3.95. The quantitative estimate of drug-likeness (QED) is 0.923. The lowest BCUT2D eigenvalue weighted by molar-refractivity contribution is -0.00302. The summed E-state index contributed by atoms with van der Waals surface area (Å²) < 4.78 is 35.0. The van der Waals surface area contributed by atoms with E-state index in [1.54, 1.807) is 0 Å². The molecule has 2 fully saturated rings. The summed E-state index contributed by atoms with van der Waals surface area (Å²) in [6, 6.07) is 9.90. The van der Waals surface area contributed by atoms with Crippen LogP contribution < -0.4 is 4.72 Å². The lowest BCUT2D eigenvalue weighted by Crippen LogP contribution is -2.49. The van der Waals surface area contributed by atoms with Gasteiger partial charge < -0.3 is 4.74 Å². The molecule has 1 aliphatic carbocycles. The van der Waals surface area contributed by atoms with E-state index in [9.17, 15) is 8.42 Å². The van der Waals surface area contributed by atoms with E-state index in [2.05, 4.69) is 4.72 Å². The molecule has 5 nitrogen and oxygen atoms in total. The topological polar surface area (TPSA) is 58.6 Å². The van der Waals surface area contributed by atoms with Crippen molar-refractivity contribution in [2.24, 2.45) is 0 Å². The minimum atomic E-state index is -3.40. The Bertz CT molecular complexity index is 556. The van der Waals surface area contributed by atoms with Gasteiger partial charge in [-0.15, -0.1) is 0 Å². The van der Waals surface area contributed by atoms with Crippen LogP contribution in [0.1, 0.15) is 37.4 Å². The molecule has 1 aromatic rings. The van der Waals surface area contributed by atoms with Gasteiger partial charge >= 0.3 is 0 Å². The molecule has 1 N–H and O–H groups in total. The van der Waals surface area contributed by atoms with Crippen LogP contribution in [-0.2, 0) is 14.9 Å². The highest BCUT2D eigenvalue weighted by molar-refractivity contribution is 7.87. The smallest absolute Gasteiger partial charge is 0.279 e. The predicted molar refractivity (Wildman–Crippen MR) is 81.0 cm³/mol. The third-order valence-electron chi connectivity index (χ3n) is 4.21. The molecule has 3 rings (SSSR count). The van der Waals surface area contributed by atoms with Crippen LogP contribution in [0.5, 0.6) is 0 Å². The standard InChI is InChI=1S/C15H22N2O3S/c18-21(19,16-14-8-4-5-9-14)17-10-11-20-15(12-17)13-6-2-1-3-7-13/h1-3,6-7,14-16H,4-5,8-12H2. The molecule has 1 saturated carbocycles. The number of hydrogen-bond acceptors (Lipinski definition) is 3. The van der Waals surface area contributed by atoms with Crippen LogP contribution in [0.15, 0.2) is 30.3 Å². The Balaban J connectivity index is 1.67. The van der Waals surface area contributed by atoms with Gasteiger partial charge in [-0.1, -0.05) is 43.2 Å². The first-order valence-corrected chi connectivity index (χ1v) is 9.03. The molecule has 1 heterocycles. The summed E-state index contributed by atoms with van der Waals surface area (Å²) in [5.74, 6) is 0. The molecule has 0 radical (unpaired) electrons. The summed E-state index contributed by atoms with van der Waals surface area (Å²) >= 11 is 0. The van der Waals surface area contributed by atoms with Gasteiger partial charge in [-0.05, 0) is 18.4 Å². The number of morpholine rings is 1. The average Bonchev–Trinajstić information content (AvgIpc) is 3.00. The maximum Gasteiger partial charge on any atom is 0.279 e. The SMILES string of the molecule is O=S(=O)(NC1CCCC1)N1CCOC(c2ccccc2)C1. The molecule has 0 aromatic heterocycles. The molecule has 6 heteroatoms. The van der Waals surface area contributed by atoms with E-state index < -0.39 is 10.2 Å². The molecule has 1 aliphatic heterocycles. The first-order valence-electron chi connectivity index (χ1n) is 7.59. The monoisotopic (exact) mass is 310 g/mol. The first-order chi connectivity index (χ1) is 10.1. The number of hydrogen-bond donors (Lipinski definition) is 1. The Morgan fingerprint density at radius 1 is 1.14 bits per heavy atom. The molecule has 1 saturated heterocycles. The predicted octanol–water partition coefficient (Wildman–Crippen LogP) is 1.84. The first kappa shape index (κ1) is 15.0. The Kier molecular flexibility index (Phi) is 4.59. The highest BCUT2D eigenvalue weighted by Gasteiger charge is 2.32. The van der Waals surface area contributed by atoms with E-state index in [1.165, 1.54) is 4.31 Å². The van der Waals surface area contributed by atoms with Crippen molar-refractivity contribution in [2.45, 2.75) is 37.8 Å². The molecule has 1 unspecified atom stereocenters. The van der Waals surface area contributed by atoms with Crippen LogP contribution in [0.2, 0.25) is 0 Å². The number of nitrogens with zero attached hydrogens (tertiary/aromatic N) is 1. The molecular weight excluding hydrogens is 288 g/mol. The van der Waals surface area contributed by atoms with Crippen LogP contribution in [-0.4, -0.2) is 38.5 Å². The van der Waals surface area contributed by atoms with Crippen LogP contribution in [0.25, 0.3) is 0 Å². The van der Waals surface area contributed by atoms with Gasteiger partial charge in [0.2, 0.25) is 0 Å². The number of nitrogens with one attached hydrogen (secondary N) is 1. The van der Waals surface area contributed by atoms with Gasteiger partial charge in [0.25, 0.3) is 10.2 Å². The Morgan fingerprint density at radius 3 is 2.57 bits per heavy atom. The zero-order valence-corrected chi connectivity index (χ0v) is 12.9. The zero-order valence-electron chi connectivity index (χ0n) is 12.1. The molecule has 1 aromatic carbocycles. The summed E-state index contributed by atoms with van der Waals surface area (Å²) in [6.45, 7) is 1.24. The Hall–Kier alpha value is -0.950. The van der Waals surface area contributed by atoms with E-state index in [1.807, 2.05) is 30.3 Å². The van der Waals surface area contributed by atoms with E-state index in [0.717, 1.165) is 31.2 Å². The molecular formula is C15H22N2O3S. The minimum absolute atomic E-state index is 0.105. The van der Waals surface area contributed by atoms with Crippen LogP contribution in [0, 0.1) is 0 Å². The summed E-state index contributed by atoms with van der Waals surface area (Å²) in [4.78, 5) is 0. The lowest BCUT2D eigenvalue weighted by atomic mass is 10.1. The molecule has 116 valence electrons. The van der Waals surface area contributed by atoms with Crippen LogP contribution >= 0.6 is 0 Å². The van der Waals surface area contributed by atoms with Gasteiger partial charge in [-0.25, -0.2) is 0 Å². The fourth-order valence-corrected chi connectivity index (χ4v) is 4.49. The maximum atomic E-state index is 12.5. The molecule has 0 amide bonds. The fourth-order valence-electron chi connectivity index (χ4n) is 3.04. The minimum Gasteiger partial charge on any atom is -0.371 e. The van der Waals surface area contributed by atoms with Crippen molar-refractivity contribution in [3.63, 3.8) is 0 Å².